The molecule has 15 heavy (non-hydrogen) atoms. The van der Waals surface area contributed by atoms with Gasteiger partial charge in [-0.3, -0.25) is 4.79 Å². The number of nitrogens with one attached hydrogen (secondary N) is 1. The Kier molecular flexibility index (Phi) is 1.89. The third kappa shape index (κ3) is 1.37. The van der Waals surface area contributed by atoms with E-state index in [2.05, 4.69) is 5.32 Å². The topological polar surface area (TPSA) is 47.6 Å². The van der Waals surface area contributed by atoms with Crippen molar-refractivity contribution in [1.82, 2.24) is 5.32 Å². The highest BCUT2D eigenvalue weighted by Crippen LogP contribution is 2.35. The predicted molar refractivity (Wildman–Crippen MR) is 52.9 cm³/mol. The van der Waals surface area contributed by atoms with Crippen LogP contribution in [0.25, 0.3) is 0 Å². The zero-order chi connectivity index (χ0) is 10.3. The molecule has 0 bridgehead atoms. The molecule has 1 saturated heterocycles. The van der Waals surface area contributed by atoms with Gasteiger partial charge in [0, 0.05) is 13.0 Å². The van der Waals surface area contributed by atoms with Crippen molar-refractivity contribution < 1.29 is 14.3 Å². The van der Waals surface area contributed by atoms with Gasteiger partial charge in [-0.1, -0.05) is 6.07 Å². The molecule has 0 spiro atoms. The molecule has 0 radical (unpaired) electrons. The third-order valence-electron chi connectivity index (χ3n) is 2.77. The normalized spacial score (nSPS) is 23.5. The SMILES string of the molecule is O=C1CCNC1c1ccc2c(c1)OCO2. The van der Waals surface area contributed by atoms with Gasteiger partial charge in [-0.25, -0.2) is 0 Å². The lowest BCUT2D eigenvalue weighted by atomic mass is 10.0. The average molecular weight is 205 g/mol. The number of hydrogen-bond donors (Lipinski definition) is 1. The standard InChI is InChI=1S/C11H11NO3/c13-8-3-4-12-11(8)7-1-2-9-10(5-7)15-6-14-9/h1-2,5,11-12H,3-4,6H2. The van der Waals surface area contributed by atoms with Crippen LogP contribution in [0, 0.1) is 0 Å². The number of benzene rings is 1. The summed E-state index contributed by atoms with van der Waals surface area (Å²) in [6, 6.07) is 5.47. The van der Waals surface area contributed by atoms with E-state index >= 15 is 0 Å². The van der Waals surface area contributed by atoms with Gasteiger partial charge in [0.2, 0.25) is 6.79 Å². The fourth-order valence-electron chi connectivity index (χ4n) is 1.99. The van der Waals surface area contributed by atoms with E-state index in [1.54, 1.807) is 0 Å². The van der Waals surface area contributed by atoms with E-state index in [1.807, 2.05) is 18.2 Å². The molecule has 4 heteroatoms. The van der Waals surface area contributed by atoms with Crippen LogP contribution in [0.2, 0.25) is 0 Å². The summed E-state index contributed by atoms with van der Waals surface area (Å²) in [6.07, 6.45) is 0.610. The molecule has 0 aliphatic carbocycles. The molecule has 1 aromatic carbocycles. The number of carbonyl (C=O) groups excluding carboxylic acids is 1. The van der Waals surface area contributed by atoms with E-state index in [-0.39, 0.29) is 18.6 Å². The Bertz CT molecular complexity index is 416. The minimum absolute atomic E-state index is 0.167. The molecule has 0 aromatic heterocycles. The Balaban J connectivity index is 1.95. The molecule has 4 nitrogen and oxygen atoms in total. The van der Waals surface area contributed by atoms with Crippen LogP contribution in [0.4, 0.5) is 0 Å². The Morgan fingerprint density at radius 1 is 1.27 bits per heavy atom. The van der Waals surface area contributed by atoms with Gasteiger partial charge >= 0.3 is 0 Å². The highest BCUT2D eigenvalue weighted by molar-refractivity contribution is 5.87. The Hall–Kier alpha value is -1.55. The first-order chi connectivity index (χ1) is 7.34. The summed E-state index contributed by atoms with van der Waals surface area (Å²) in [6.45, 7) is 1.03. The first-order valence-corrected chi connectivity index (χ1v) is 5.00. The van der Waals surface area contributed by atoms with Crippen molar-refractivity contribution in [3.63, 3.8) is 0 Å². The summed E-state index contributed by atoms with van der Waals surface area (Å²) in [5, 5.41) is 3.17. The lowest BCUT2D eigenvalue weighted by Crippen LogP contribution is -2.17. The second-order valence-corrected chi connectivity index (χ2v) is 3.72. The Morgan fingerprint density at radius 2 is 2.13 bits per heavy atom. The minimum atomic E-state index is -0.167. The van der Waals surface area contributed by atoms with Gasteiger partial charge in [0.25, 0.3) is 0 Å². The second kappa shape index (κ2) is 3.24. The molecule has 0 saturated carbocycles. The van der Waals surface area contributed by atoms with Crippen LogP contribution in [0.5, 0.6) is 11.5 Å². The zero-order valence-corrected chi connectivity index (χ0v) is 8.16. The Labute approximate surface area is 87.2 Å². The predicted octanol–water partition coefficient (Wildman–Crippen LogP) is 1.02. The first-order valence-electron chi connectivity index (χ1n) is 5.00. The van der Waals surface area contributed by atoms with Crippen LogP contribution in [0.1, 0.15) is 18.0 Å². The van der Waals surface area contributed by atoms with Crippen molar-refractivity contribution >= 4 is 5.78 Å². The van der Waals surface area contributed by atoms with Gasteiger partial charge in [0.05, 0.1) is 6.04 Å². The minimum Gasteiger partial charge on any atom is -0.454 e. The molecule has 1 unspecified atom stereocenters. The molecule has 1 atom stereocenters. The summed E-state index contributed by atoms with van der Waals surface area (Å²) in [5.74, 6) is 1.73. The van der Waals surface area contributed by atoms with Gasteiger partial charge in [-0.05, 0) is 17.7 Å². The molecular formula is C11H11NO3. The number of Topliss-reactive ketones (excluding diaryl/α,β-unsaturated/α-hetero) is 1. The first kappa shape index (κ1) is 8.73. The zero-order valence-electron chi connectivity index (χ0n) is 8.16. The number of carbonyl (C=O) groups is 1. The summed E-state index contributed by atoms with van der Waals surface area (Å²) >= 11 is 0. The van der Waals surface area contributed by atoms with Crippen molar-refractivity contribution in [1.29, 1.82) is 0 Å². The van der Waals surface area contributed by atoms with Crippen LogP contribution in [-0.2, 0) is 4.79 Å². The second-order valence-electron chi connectivity index (χ2n) is 3.72. The maximum absolute atomic E-state index is 11.5. The van der Waals surface area contributed by atoms with Crippen LogP contribution in [0.3, 0.4) is 0 Å². The summed E-state index contributed by atoms with van der Waals surface area (Å²) < 4.78 is 10.5. The molecular weight excluding hydrogens is 194 g/mol. The van der Waals surface area contributed by atoms with Gasteiger partial charge in [0.15, 0.2) is 17.3 Å². The molecule has 78 valence electrons. The lowest BCUT2D eigenvalue weighted by molar-refractivity contribution is -0.118. The van der Waals surface area contributed by atoms with Crippen molar-refractivity contribution in [2.45, 2.75) is 12.5 Å². The summed E-state index contributed by atoms with van der Waals surface area (Å²) in [7, 11) is 0. The highest BCUT2D eigenvalue weighted by atomic mass is 16.7. The number of rotatable bonds is 1. The third-order valence-corrected chi connectivity index (χ3v) is 2.77. The van der Waals surface area contributed by atoms with Crippen LogP contribution in [-0.4, -0.2) is 19.1 Å². The van der Waals surface area contributed by atoms with E-state index in [4.69, 9.17) is 9.47 Å². The molecule has 2 heterocycles. The average Bonchev–Trinajstić information content (AvgIpc) is 2.84. The van der Waals surface area contributed by atoms with Crippen molar-refractivity contribution in [3.05, 3.63) is 23.8 Å². The van der Waals surface area contributed by atoms with Crippen LogP contribution in [0.15, 0.2) is 18.2 Å². The van der Waals surface area contributed by atoms with Crippen LogP contribution >= 0.6 is 0 Å². The highest BCUT2D eigenvalue weighted by Gasteiger charge is 2.26. The van der Waals surface area contributed by atoms with Gasteiger partial charge < -0.3 is 14.8 Å². The monoisotopic (exact) mass is 205 g/mol. The largest absolute Gasteiger partial charge is 0.454 e. The fraction of sp³-hybridized carbons (Fsp3) is 0.364. The molecule has 1 fully saturated rings. The summed E-state index contributed by atoms with van der Waals surface area (Å²) in [4.78, 5) is 11.5. The number of ketones is 1. The van der Waals surface area contributed by atoms with Gasteiger partial charge in [-0.2, -0.15) is 0 Å². The van der Waals surface area contributed by atoms with Gasteiger partial charge in [0.1, 0.15) is 0 Å². The summed E-state index contributed by atoms with van der Waals surface area (Å²) in [5.41, 5.74) is 0.960. The van der Waals surface area contributed by atoms with Gasteiger partial charge in [-0.15, -0.1) is 0 Å². The Morgan fingerprint density at radius 3 is 2.93 bits per heavy atom. The van der Waals surface area contributed by atoms with Crippen molar-refractivity contribution in [3.8, 4) is 11.5 Å². The molecule has 2 aliphatic heterocycles. The maximum atomic E-state index is 11.5. The number of fused-ring (bicyclic) bond motifs is 1. The van der Waals surface area contributed by atoms with Crippen molar-refractivity contribution in [2.24, 2.45) is 0 Å². The lowest BCUT2D eigenvalue weighted by Gasteiger charge is -2.09. The van der Waals surface area contributed by atoms with E-state index in [9.17, 15) is 4.79 Å². The fourth-order valence-corrected chi connectivity index (χ4v) is 1.99. The molecule has 1 N–H and O–H groups in total. The quantitative estimate of drug-likeness (QED) is 0.743. The maximum Gasteiger partial charge on any atom is 0.231 e. The number of hydrogen-bond acceptors (Lipinski definition) is 4. The van der Waals surface area contributed by atoms with E-state index in [1.165, 1.54) is 0 Å². The molecule has 0 amide bonds. The smallest absolute Gasteiger partial charge is 0.231 e. The number of ether oxygens (including phenoxy) is 2. The van der Waals surface area contributed by atoms with E-state index in [0.717, 1.165) is 23.6 Å². The van der Waals surface area contributed by atoms with E-state index < -0.39 is 0 Å². The van der Waals surface area contributed by atoms with Crippen LogP contribution < -0.4 is 14.8 Å². The molecule has 3 rings (SSSR count). The molecule has 2 aliphatic rings. The van der Waals surface area contributed by atoms with Crippen molar-refractivity contribution in [2.75, 3.05) is 13.3 Å². The molecule has 1 aromatic rings. The van der Waals surface area contributed by atoms with E-state index in [0.29, 0.717) is 6.42 Å².